The molecular weight excluding hydrogens is 636 g/mol. The van der Waals surface area contributed by atoms with E-state index in [1.165, 1.54) is 19.2 Å². The van der Waals surface area contributed by atoms with Gasteiger partial charge in [-0.1, -0.05) is 5.16 Å². The largest absolute Gasteiger partial charge is 0.489 e. The highest BCUT2D eigenvalue weighted by Gasteiger charge is 2.58. The van der Waals surface area contributed by atoms with Crippen molar-refractivity contribution in [3.63, 3.8) is 0 Å². The fourth-order valence-corrected chi connectivity index (χ4v) is 5.39. The Kier molecular flexibility index (Phi) is 10.2. The summed E-state index contributed by atoms with van der Waals surface area (Å²) in [6.07, 6.45) is 0.268. The maximum absolute atomic E-state index is 13.2. The summed E-state index contributed by atoms with van der Waals surface area (Å²) >= 11 is 0.956. The van der Waals surface area contributed by atoms with E-state index < -0.39 is 58.2 Å². The number of hydrogen-bond donors (Lipinski definition) is 6. The Labute approximate surface area is 261 Å². The zero-order valence-corrected chi connectivity index (χ0v) is 25.7. The van der Waals surface area contributed by atoms with E-state index in [1.807, 2.05) is 0 Å². The van der Waals surface area contributed by atoms with Gasteiger partial charge in [-0.2, -0.15) is 13.5 Å². The predicted molar refractivity (Wildman–Crippen MR) is 160 cm³/mol. The summed E-state index contributed by atoms with van der Waals surface area (Å²) in [4.78, 5) is 51.2. The van der Waals surface area contributed by atoms with Crippen molar-refractivity contribution in [2.45, 2.75) is 50.4 Å². The molecule has 1 aromatic heterocycles. The molecule has 0 aliphatic carbocycles. The second-order valence-corrected chi connectivity index (χ2v) is 12.4. The molecule has 20 heteroatoms. The number of anilines is 1. The first-order chi connectivity index (χ1) is 21.2. The number of hydroxylamine groups is 2. The van der Waals surface area contributed by atoms with Gasteiger partial charge in [-0.05, 0) is 57.5 Å². The van der Waals surface area contributed by atoms with Crippen LogP contribution in [0.25, 0.3) is 0 Å². The average Bonchev–Trinajstić information content (AvgIpc) is 3.41. The molecule has 2 aliphatic rings. The first kappa shape index (κ1) is 33.5. The predicted octanol–water partition coefficient (Wildman–Crippen LogP) is -0.724. The molecule has 3 heterocycles. The number of ether oxygens (including phenoxy) is 1. The standard InChI is InChI=1S/C25H32N8O10S2/c1-25(2)19(22(35)33(25)43-45(38,39)40)31-21(34)18(16-12-44-24(27)30-16)32-42-17(23(36)37)11-41-15-7-5-13(6-8-15)20(26)29-14-4-3-9-28-10-14/h5-8,12,14,17,19,28H,3-4,9-11H2,1-2H3,(H2,26,29)(H2,27,30)(H,31,34)(H,36,37)(H,38,39,40)/b32-18-/t14-,17+,19?/m1/s1. The van der Waals surface area contributed by atoms with Gasteiger partial charge in [0.2, 0.25) is 0 Å². The van der Waals surface area contributed by atoms with Gasteiger partial charge in [0.25, 0.3) is 17.9 Å². The summed E-state index contributed by atoms with van der Waals surface area (Å²) in [5, 5.41) is 20.8. The highest BCUT2D eigenvalue weighted by molar-refractivity contribution is 7.80. The SMILES string of the molecule is CC1(C)C(NC(=O)/C(=N\O[C@@H](COc2ccc(C(N)=N[C@@H]3CCCNC3)cc2)C(=O)O)c2csc(N)n2)C(=O)N1OS(=O)(=O)O. The number of β-lactam (4-membered cyclic amide) rings is 1. The minimum absolute atomic E-state index is 0.0564. The number of carboxylic acids is 1. The molecule has 2 amide bonds. The van der Waals surface area contributed by atoms with Gasteiger partial charge in [-0.15, -0.1) is 15.6 Å². The minimum atomic E-state index is -5.01. The smallest absolute Gasteiger partial charge is 0.418 e. The van der Waals surface area contributed by atoms with E-state index in [4.69, 9.17) is 25.6 Å². The summed E-state index contributed by atoms with van der Waals surface area (Å²) in [5.74, 6) is -2.81. The number of carboxylic acid groups (broad SMARTS) is 1. The third-order valence-corrected chi connectivity index (χ3v) is 7.80. The Morgan fingerprint density at radius 1 is 1.31 bits per heavy atom. The number of nitrogens with two attached hydrogens (primary N) is 2. The van der Waals surface area contributed by atoms with Gasteiger partial charge in [0.1, 0.15) is 29.9 Å². The number of nitrogens with zero attached hydrogens (tertiary/aromatic N) is 4. The number of hydrogen-bond acceptors (Lipinski definition) is 14. The number of carbonyl (C=O) groups excluding carboxylic acids is 2. The zero-order valence-electron chi connectivity index (χ0n) is 24.1. The summed E-state index contributed by atoms with van der Waals surface area (Å²) in [5.41, 5.74) is 10.4. The molecule has 0 spiro atoms. The topological polar surface area (TPSA) is 270 Å². The van der Waals surface area contributed by atoms with E-state index >= 15 is 0 Å². The lowest BCUT2D eigenvalue weighted by Crippen LogP contribution is -2.76. The Bertz CT molecular complexity index is 1590. The molecule has 2 saturated heterocycles. The molecule has 1 aromatic carbocycles. The molecular formula is C25H32N8O10S2. The van der Waals surface area contributed by atoms with Gasteiger partial charge in [0.15, 0.2) is 10.8 Å². The molecule has 45 heavy (non-hydrogen) atoms. The van der Waals surface area contributed by atoms with Crippen LogP contribution in [0, 0.1) is 0 Å². The van der Waals surface area contributed by atoms with E-state index in [0.29, 0.717) is 22.2 Å². The van der Waals surface area contributed by atoms with Crippen molar-refractivity contribution in [1.82, 2.24) is 20.7 Å². The number of oxime groups is 1. The number of rotatable bonds is 13. The zero-order chi connectivity index (χ0) is 32.9. The van der Waals surface area contributed by atoms with Gasteiger partial charge in [-0.3, -0.25) is 19.1 Å². The molecule has 2 fully saturated rings. The highest BCUT2D eigenvalue weighted by Crippen LogP contribution is 2.33. The van der Waals surface area contributed by atoms with Crippen molar-refractivity contribution in [2.75, 3.05) is 25.4 Å². The van der Waals surface area contributed by atoms with Gasteiger partial charge >= 0.3 is 16.4 Å². The molecule has 1 unspecified atom stereocenters. The molecule has 0 saturated carbocycles. The summed E-state index contributed by atoms with van der Waals surface area (Å²) in [6, 6.07) is 5.29. The maximum Gasteiger partial charge on any atom is 0.418 e. The van der Waals surface area contributed by atoms with E-state index in [2.05, 4.69) is 30.0 Å². The first-order valence-electron chi connectivity index (χ1n) is 13.4. The molecule has 2 aromatic rings. The molecule has 4 rings (SSSR count). The number of aliphatic imine (C=N–C) groups is 1. The van der Waals surface area contributed by atoms with Crippen LogP contribution in [0.4, 0.5) is 5.13 Å². The lowest BCUT2D eigenvalue weighted by molar-refractivity contribution is -0.218. The third kappa shape index (κ3) is 8.42. The Morgan fingerprint density at radius 2 is 2.02 bits per heavy atom. The van der Waals surface area contributed by atoms with E-state index in [-0.39, 0.29) is 16.9 Å². The van der Waals surface area contributed by atoms with Gasteiger partial charge in [0.05, 0.1) is 11.6 Å². The van der Waals surface area contributed by atoms with Crippen molar-refractivity contribution in [1.29, 1.82) is 0 Å². The summed E-state index contributed by atoms with van der Waals surface area (Å²) in [7, 11) is -5.01. The number of benzene rings is 1. The maximum atomic E-state index is 13.2. The van der Waals surface area contributed by atoms with Gasteiger partial charge in [0, 0.05) is 17.5 Å². The first-order valence-corrected chi connectivity index (χ1v) is 15.7. The number of carbonyl (C=O) groups is 3. The van der Waals surface area contributed by atoms with Crippen molar-refractivity contribution in [3.05, 3.63) is 40.9 Å². The number of piperidine rings is 1. The van der Waals surface area contributed by atoms with Crippen LogP contribution in [0.2, 0.25) is 0 Å². The number of aliphatic carboxylic acids is 1. The molecule has 0 bridgehead atoms. The fraction of sp³-hybridized carbons (Fsp3) is 0.440. The lowest BCUT2D eigenvalue weighted by Gasteiger charge is -2.50. The normalized spacial score (nSPS) is 21.0. The van der Waals surface area contributed by atoms with Crippen LogP contribution in [-0.4, -0.2) is 101 Å². The van der Waals surface area contributed by atoms with Crippen molar-refractivity contribution in [3.8, 4) is 5.75 Å². The Hall–Kier alpha value is -4.37. The van der Waals surface area contributed by atoms with E-state index in [0.717, 1.165) is 37.3 Å². The Morgan fingerprint density at radius 3 is 2.58 bits per heavy atom. The molecule has 3 atom stereocenters. The number of aromatic nitrogens is 1. The fourth-order valence-electron chi connectivity index (χ4n) is 4.39. The quantitative estimate of drug-likeness (QED) is 0.0505. The monoisotopic (exact) mass is 668 g/mol. The molecule has 244 valence electrons. The van der Waals surface area contributed by atoms with Crippen LogP contribution < -0.4 is 26.8 Å². The van der Waals surface area contributed by atoms with Crippen molar-refractivity contribution in [2.24, 2.45) is 15.9 Å². The van der Waals surface area contributed by atoms with Crippen LogP contribution in [0.3, 0.4) is 0 Å². The number of amidine groups is 1. The summed E-state index contributed by atoms with van der Waals surface area (Å²) in [6.45, 7) is 3.91. The van der Waals surface area contributed by atoms with Gasteiger partial charge < -0.3 is 36.8 Å². The van der Waals surface area contributed by atoms with Crippen molar-refractivity contribution >= 4 is 56.2 Å². The van der Waals surface area contributed by atoms with Crippen LogP contribution >= 0.6 is 11.3 Å². The van der Waals surface area contributed by atoms with Crippen LogP contribution in [0.5, 0.6) is 5.75 Å². The number of amides is 2. The molecule has 0 radical (unpaired) electrons. The van der Waals surface area contributed by atoms with E-state index in [9.17, 15) is 27.9 Å². The minimum Gasteiger partial charge on any atom is -0.489 e. The Balaban J connectivity index is 1.43. The van der Waals surface area contributed by atoms with E-state index in [1.54, 1.807) is 24.3 Å². The van der Waals surface area contributed by atoms with Crippen LogP contribution in [0.15, 0.2) is 39.8 Å². The molecule has 8 N–H and O–H groups in total. The van der Waals surface area contributed by atoms with Crippen molar-refractivity contribution < 1.29 is 46.3 Å². The second kappa shape index (κ2) is 13.7. The third-order valence-electron chi connectivity index (χ3n) is 6.79. The average molecular weight is 669 g/mol. The second-order valence-electron chi connectivity index (χ2n) is 10.5. The van der Waals surface area contributed by atoms with Gasteiger partial charge in [-0.25, -0.2) is 9.78 Å². The van der Waals surface area contributed by atoms with Crippen LogP contribution in [0.1, 0.15) is 37.9 Å². The number of nitrogens with one attached hydrogen (secondary N) is 2. The van der Waals surface area contributed by atoms with Crippen LogP contribution in [-0.2, 0) is 33.9 Å². The molecule has 2 aliphatic heterocycles. The summed E-state index contributed by atoms with van der Waals surface area (Å²) < 4.78 is 40.9. The highest BCUT2D eigenvalue weighted by atomic mass is 32.3. The lowest BCUT2D eigenvalue weighted by atomic mass is 9.84. The number of thiazole rings is 1. The number of nitrogen functional groups attached to an aromatic ring is 1. The molecule has 18 nitrogen and oxygen atoms in total.